The number of halogens is 1. The Hall–Kier alpha value is -1.75. The number of carbonyl (C=O) groups excluding carboxylic acids is 1. The number of carboxylic acid groups (broad SMARTS) is 1. The lowest BCUT2D eigenvalue weighted by Crippen LogP contribution is -2.41. The largest absolute Gasteiger partial charge is 0.479 e. The molecule has 0 aliphatic heterocycles. The number of amides is 2. The van der Waals surface area contributed by atoms with Gasteiger partial charge in [0.1, 0.15) is 0 Å². The van der Waals surface area contributed by atoms with E-state index in [1.165, 1.54) is 0 Å². The predicted octanol–water partition coefficient (Wildman–Crippen LogP) is 2.81. The second kappa shape index (κ2) is 5.93. The van der Waals surface area contributed by atoms with Crippen molar-refractivity contribution in [3.05, 3.63) is 34.9 Å². The minimum absolute atomic E-state index is 0.266. The fourth-order valence-electron chi connectivity index (χ4n) is 2.30. The van der Waals surface area contributed by atoms with Gasteiger partial charge in [-0.25, -0.2) is 9.59 Å². The molecule has 1 aliphatic carbocycles. The van der Waals surface area contributed by atoms with Gasteiger partial charge in [-0.05, 0) is 23.8 Å². The van der Waals surface area contributed by atoms with Crippen LogP contribution >= 0.6 is 11.6 Å². The van der Waals surface area contributed by atoms with Crippen molar-refractivity contribution in [1.82, 2.24) is 10.6 Å². The summed E-state index contributed by atoms with van der Waals surface area (Å²) in [6.07, 6.45) is 1.07. The van der Waals surface area contributed by atoms with Crippen LogP contribution in [0.25, 0.3) is 0 Å². The van der Waals surface area contributed by atoms with Gasteiger partial charge >= 0.3 is 12.0 Å². The highest BCUT2D eigenvalue weighted by atomic mass is 35.5. The van der Waals surface area contributed by atoms with E-state index in [2.05, 4.69) is 24.5 Å². The van der Waals surface area contributed by atoms with Crippen molar-refractivity contribution in [2.45, 2.75) is 26.3 Å². The van der Waals surface area contributed by atoms with Crippen LogP contribution in [0.15, 0.2) is 24.3 Å². The zero-order chi connectivity index (χ0) is 15.6. The van der Waals surface area contributed by atoms with Crippen LogP contribution in [0.5, 0.6) is 0 Å². The van der Waals surface area contributed by atoms with E-state index in [9.17, 15) is 14.7 Å². The van der Waals surface area contributed by atoms with Crippen LogP contribution < -0.4 is 10.6 Å². The molecule has 0 saturated heterocycles. The quantitative estimate of drug-likeness (QED) is 0.782. The normalized spacial score (nSPS) is 20.4. The van der Waals surface area contributed by atoms with Crippen LogP contribution in [0.3, 0.4) is 0 Å². The maximum atomic E-state index is 11.9. The lowest BCUT2D eigenvalue weighted by molar-refractivity contribution is -0.139. The van der Waals surface area contributed by atoms with E-state index in [0.717, 1.165) is 6.42 Å². The van der Waals surface area contributed by atoms with Crippen molar-refractivity contribution in [2.24, 2.45) is 11.3 Å². The number of nitrogens with one attached hydrogen (secondary N) is 2. The number of hydrogen-bond donors (Lipinski definition) is 3. The molecule has 1 fully saturated rings. The number of rotatable bonds is 5. The second-order valence-corrected chi connectivity index (χ2v) is 6.44. The molecule has 2 amide bonds. The Balaban J connectivity index is 1.96. The molecule has 3 N–H and O–H groups in total. The molecule has 1 aliphatic rings. The fourth-order valence-corrected chi connectivity index (χ4v) is 2.55. The van der Waals surface area contributed by atoms with E-state index >= 15 is 0 Å². The Morgan fingerprint density at radius 2 is 2.05 bits per heavy atom. The maximum Gasteiger partial charge on any atom is 0.331 e. The third-order valence-electron chi connectivity index (χ3n) is 3.97. The summed E-state index contributed by atoms with van der Waals surface area (Å²) in [5.74, 6) is -0.697. The van der Waals surface area contributed by atoms with E-state index in [1.807, 2.05) is 0 Å². The first kappa shape index (κ1) is 15.6. The zero-order valence-corrected chi connectivity index (χ0v) is 12.8. The first-order chi connectivity index (χ1) is 9.81. The van der Waals surface area contributed by atoms with Crippen LogP contribution in [0.2, 0.25) is 5.02 Å². The molecule has 6 heteroatoms. The first-order valence-electron chi connectivity index (χ1n) is 6.83. The minimum Gasteiger partial charge on any atom is -0.479 e. The van der Waals surface area contributed by atoms with Crippen molar-refractivity contribution >= 4 is 23.6 Å². The average Bonchev–Trinajstić information content (AvgIpc) is 3.02. The molecular formula is C15H19ClN2O3. The zero-order valence-electron chi connectivity index (χ0n) is 12.0. The van der Waals surface area contributed by atoms with Gasteiger partial charge < -0.3 is 15.7 Å². The van der Waals surface area contributed by atoms with Gasteiger partial charge in [-0.2, -0.15) is 0 Å². The number of aliphatic carboxylic acids is 1. The third-order valence-corrected chi connectivity index (χ3v) is 4.31. The number of carboxylic acids is 1. The second-order valence-electron chi connectivity index (χ2n) is 6.04. The Labute approximate surface area is 128 Å². The number of benzene rings is 1. The van der Waals surface area contributed by atoms with Crippen molar-refractivity contribution in [3.8, 4) is 0 Å². The van der Waals surface area contributed by atoms with Gasteiger partial charge in [0.25, 0.3) is 0 Å². The van der Waals surface area contributed by atoms with E-state index < -0.39 is 18.0 Å². The Morgan fingerprint density at radius 1 is 1.43 bits per heavy atom. The van der Waals surface area contributed by atoms with Gasteiger partial charge in [-0.15, -0.1) is 0 Å². The molecule has 0 heterocycles. The number of carbonyl (C=O) groups is 2. The maximum absolute atomic E-state index is 11.9. The molecule has 1 aromatic rings. The van der Waals surface area contributed by atoms with Gasteiger partial charge in [0.05, 0.1) is 0 Å². The molecule has 5 nitrogen and oxygen atoms in total. The van der Waals surface area contributed by atoms with Gasteiger partial charge in [0.2, 0.25) is 0 Å². The standard InChI is InChI=1S/C15H19ClN2O3/c1-15(2)7-9(15)8-17-14(21)18-12(13(19)20)10-5-3-4-6-11(10)16/h3-6,9,12H,7-8H2,1-2H3,(H,19,20)(H2,17,18,21)/t9?,12-/m1/s1. The van der Waals surface area contributed by atoms with Crippen LogP contribution in [0.1, 0.15) is 31.9 Å². The van der Waals surface area contributed by atoms with Crippen LogP contribution in [-0.2, 0) is 4.79 Å². The lowest BCUT2D eigenvalue weighted by atomic mass is 10.1. The topological polar surface area (TPSA) is 78.4 Å². The van der Waals surface area contributed by atoms with E-state index in [-0.39, 0.29) is 5.41 Å². The number of urea groups is 1. The first-order valence-corrected chi connectivity index (χ1v) is 7.20. The highest BCUT2D eigenvalue weighted by molar-refractivity contribution is 6.31. The average molecular weight is 311 g/mol. The van der Waals surface area contributed by atoms with E-state index in [4.69, 9.17) is 11.6 Å². The minimum atomic E-state index is -1.16. The van der Waals surface area contributed by atoms with Crippen molar-refractivity contribution < 1.29 is 14.7 Å². The van der Waals surface area contributed by atoms with Crippen LogP contribution in [0, 0.1) is 11.3 Å². The summed E-state index contributed by atoms with van der Waals surface area (Å²) in [5.41, 5.74) is 0.635. The van der Waals surface area contributed by atoms with E-state index in [1.54, 1.807) is 24.3 Å². The highest BCUT2D eigenvalue weighted by Crippen LogP contribution is 2.50. The highest BCUT2D eigenvalue weighted by Gasteiger charge is 2.45. The van der Waals surface area contributed by atoms with Gasteiger partial charge in [-0.3, -0.25) is 0 Å². The Morgan fingerprint density at radius 3 is 2.57 bits per heavy atom. The van der Waals surface area contributed by atoms with Crippen molar-refractivity contribution in [3.63, 3.8) is 0 Å². The lowest BCUT2D eigenvalue weighted by Gasteiger charge is -2.17. The predicted molar refractivity (Wildman–Crippen MR) is 80.3 cm³/mol. The summed E-state index contributed by atoms with van der Waals surface area (Å²) in [7, 11) is 0. The molecule has 1 saturated carbocycles. The summed E-state index contributed by atoms with van der Waals surface area (Å²) in [6, 6.07) is 4.92. The molecule has 21 heavy (non-hydrogen) atoms. The molecule has 1 unspecified atom stereocenters. The summed E-state index contributed by atoms with van der Waals surface area (Å²) < 4.78 is 0. The Kier molecular flexibility index (Phi) is 4.42. The Bertz CT molecular complexity index is 560. The summed E-state index contributed by atoms with van der Waals surface area (Å²) in [5, 5.41) is 14.8. The molecule has 0 radical (unpaired) electrons. The fraction of sp³-hybridized carbons (Fsp3) is 0.467. The molecule has 114 valence electrons. The molecule has 0 bridgehead atoms. The molecular weight excluding hydrogens is 292 g/mol. The number of hydrogen-bond acceptors (Lipinski definition) is 2. The van der Waals surface area contributed by atoms with Crippen molar-refractivity contribution in [2.75, 3.05) is 6.54 Å². The monoisotopic (exact) mass is 310 g/mol. The SMILES string of the molecule is CC1(C)CC1CNC(=O)N[C@@H](C(=O)O)c1ccccc1Cl. The van der Waals surface area contributed by atoms with Crippen LogP contribution in [0.4, 0.5) is 4.79 Å². The van der Waals surface area contributed by atoms with Crippen LogP contribution in [-0.4, -0.2) is 23.7 Å². The smallest absolute Gasteiger partial charge is 0.331 e. The van der Waals surface area contributed by atoms with Crippen molar-refractivity contribution in [1.29, 1.82) is 0 Å². The summed E-state index contributed by atoms with van der Waals surface area (Å²) >= 11 is 5.99. The summed E-state index contributed by atoms with van der Waals surface area (Å²) in [6.45, 7) is 4.83. The molecule has 1 aromatic carbocycles. The molecule has 2 rings (SSSR count). The molecule has 0 spiro atoms. The third kappa shape index (κ3) is 3.88. The molecule has 0 aromatic heterocycles. The summed E-state index contributed by atoms with van der Waals surface area (Å²) in [4.78, 5) is 23.2. The van der Waals surface area contributed by atoms with E-state index in [0.29, 0.717) is 23.0 Å². The van der Waals surface area contributed by atoms with Gasteiger partial charge in [-0.1, -0.05) is 43.6 Å². The molecule has 2 atom stereocenters. The van der Waals surface area contributed by atoms with Gasteiger partial charge in [0.15, 0.2) is 6.04 Å². The van der Waals surface area contributed by atoms with Gasteiger partial charge in [0, 0.05) is 17.1 Å².